The van der Waals surface area contributed by atoms with Gasteiger partial charge in [-0.15, -0.1) is 0 Å². The topological polar surface area (TPSA) is 72.9 Å². The second kappa shape index (κ2) is 3.66. The van der Waals surface area contributed by atoms with E-state index in [0.717, 1.165) is 19.4 Å². The van der Waals surface area contributed by atoms with Gasteiger partial charge in [-0.3, -0.25) is 4.79 Å². The van der Waals surface area contributed by atoms with E-state index >= 15 is 0 Å². The van der Waals surface area contributed by atoms with Crippen LogP contribution in [0.5, 0.6) is 0 Å². The molecule has 0 bridgehead atoms. The molecule has 1 aromatic heterocycles. The third-order valence-corrected chi connectivity index (χ3v) is 3.04. The van der Waals surface area contributed by atoms with Gasteiger partial charge in [-0.05, 0) is 24.8 Å². The zero-order valence-corrected chi connectivity index (χ0v) is 8.86. The average molecular weight is 208 g/mol. The van der Waals surface area contributed by atoms with Crippen molar-refractivity contribution in [2.75, 3.05) is 18.4 Å². The van der Waals surface area contributed by atoms with E-state index in [1.807, 2.05) is 0 Å². The number of hydrogen-bond acceptors (Lipinski definition) is 4. The lowest BCUT2D eigenvalue weighted by atomic mass is 10.1. The van der Waals surface area contributed by atoms with Crippen LogP contribution in [-0.2, 0) is 7.05 Å². The summed E-state index contributed by atoms with van der Waals surface area (Å²) in [7, 11) is 1.71. The summed E-state index contributed by atoms with van der Waals surface area (Å²) in [5.41, 5.74) is 5.78. The van der Waals surface area contributed by atoms with Crippen molar-refractivity contribution in [3.05, 3.63) is 22.7 Å². The Morgan fingerprint density at radius 1 is 1.67 bits per heavy atom. The molecule has 0 radical (unpaired) electrons. The predicted octanol–water partition coefficient (Wildman–Crippen LogP) is -0.0689. The van der Waals surface area contributed by atoms with Crippen LogP contribution in [0.2, 0.25) is 0 Å². The van der Waals surface area contributed by atoms with Crippen LogP contribution >= 0.6 is 0 Å². The molecule has 0 amide bonds. The van der Waals surface area contributed by atoms with Gasteiger partial charge in [0.05, 0.1) is 0 Å². The molecule has 5 heteroatoms. The summed E-state index contributed by atoms with van der Waals surface area (Å²) in [6.45, 7) is 1.42. The number of aromatic nitrogens is 2. The summed E-state index contributed by atoms with van der Waals surface area (Å²) in [5.74, 6) is 0.416. The Kier molecular flexibility index (Phi) is 2.48. The lowest BCUT2D eigenvalue weighted by Gasteiger charge is -2.13. The van der Waals surface area contributed by atoms with Crippen molar-refractivity contribution in [3.8, 4) is 0 Å². The fourth-order valence-electron chi connectivity index (χ4n) is 1.52. The van der Waals surface area contributed by atoms with Gasteiger partial charge in [0.1, 0.15) is 0 Å². The molecule has 15 heavy (non-hydrogen) atoms. The molecule has 3 N–H and O–H groups in total. The van der Waals surface area contributed by atoms with Gasteiger partial charge in [0.25, 0.3) is 5.56 Å². The minimum absolute atomic E-state index is 0.0923. The Morgan fingerprint density at radius 2 is 2.40 bits per heavy atom. The second-order valence-electron chi connectivity index (χ2n) is 4.25. The van der Waals surface area contributed by atoms with Gasteiger partial charge in [0.15, 0.2) is 5.82 Å². The first-order chi connectivity index (χ1) is 7.17. The van der Waals surface area contributed by atoms with Crippen LogP contribution in [-0.4, -0.2) is 22.6 Å². The predicted molar refractivity (Wildman–Crippen MR) is 58.7 cm³/mol. The number of anilines is 1. The third-order valence-electron chi connectivity index (χ3n) is 3.04. The fraction of sp³-hybridized carbons (Fsp3) is 0.600. The van der Waals surface area contributed by atoms with Crippen LogP contribution in [0.1, 0.15) is 12.8 Å². The van der Waals surface area contributed by atoms with E-state index in [4.69, 9.17) is 5.73 Å². The molecular weight excluding hydrogens is 192 g/mol. The molecule has 1 fully saturated rings. The Hall–Kier alpha value is -1.36. The highest BCUT2D eigenvalue weighted by atomic mass is 16.1. The number of nitrogens with one attached hydrogen (secondary N) is 1. The lowest BCUT2D eigenvalue weighted by molar-refractivity contribution is 0.554. The maximum Gasteiger partial charge on any atom is 0.293 e. The molecule has 5 nitrogen and oxygen atoms in total. The van der Waals surface area contributed by atoms with Crippen LogP contribution in [0.3, 0.4) is 0 Å². The van der Waals surface area contributed by atoms with Gasteiger partial charge in [-0.25, -0.2) is 4.98 Å². The van der Waals surface area contributed by atoms with E-state index in [0.29, 0.717) is 12.4 Å². The van der Waals surface area contributed by atoms with Gasteiger partial charge < -0.3 is 15.6 Å². The number of nitrogens with zero attached hydrogens (tertiary/aromatic N) is 2. The zero-order valence-electron chi connectivity index (χ0n) is 8.86. The Labute approximate surface area is 88.3 Å². The molecule has 0 aliphatic heterocycles. The molecule has 1 aliphatic rings. The van der Waals surface area contributed by atoms with Crippen molar-refractivity contribution < 1.29 is 0 Å². The highest BCUT2D eigenvalue weighted by molar-refractivity contribution is 5.31. The van der Waals surface area contributed by atoms with Gasteiger partial charge in [0, 0.05) is 26.0 Å². The molecule has 0 atom stereocenters. The monoisotopic (exact) mass is 208 g/mol. The van der Waals surface area contributed by atoms with Crippen molar-refractivity contribution in [2.45, 2.75) is 12.8 Å². The number of rotatable bonds is 4. The van der Waals surface area contributed by atoms with E-state index in [2.05, 4.69) is 10.3 Å². The summed E-state index contributed by atoms with van der Waals surface area (Å²) in [6.07, 6.45) is 5.54. The molecule has 0 saturated heterocycles. The van der Waals surface area contributed by atoms with Crippen molar-refractivity contribution in [1.82, 2.24) is 9.55 Å². The lowest BCUT2D eigenvalue weighted by Crippen LogP contribution is -2.28. The molecule has 82 valence electrons. The van der Waals surface area contributed by atoms with E-state index < -0.39 is 0 Å². The Balaban J connectivity index is 2.05. The van der Waals surface area contributed by atoms with Crippen LogP contribution < -0.4 is 16.6 Å². The zero-order chi connectivity index (χ0) is 10.9. The fourth-order valence-corrected chi connectivity index (χ4v) is 1.52. The summed E-state index contributed by atoms with van der Waals surface area (Å²) in [6, 6.07) is 0. The molecule has 0 spiro atoms. The standard InChI is InChI=1S/C10H16N4O/c1-14-5-4-12-8(9(14)15)13-7-10(6-11)2-3-10/h4-5H,2-3,6-7,11H2,1H3,(H,12,13). The average Bonchev–Trinajstić information content (AvgIpc) is 3.01. The van der Waals surface area contributed by atoms with E-state index in [-0.39, 0.29) is 11.0 Å². The van der Waals surface area contributed by atoms with Crippen molar-refractivity contribution in [3.63, 3.8) is 0 Å². The smallest absolute Gasteiger partial charge is 0.293 e. The minimum Gasteiger partial charge on any atom is -0.365 e. The van der Waals surface area contributed by atoms with E-state index in [1.165, 1.54) is 4.57 Å². The maximum atomic E-state index is 11.6. The largest absolute Gasteiger partial charge is 0.365 e. The third kappa shape index (κ3) is 2.02. The molecule has 1 saturated carbocycles. The number of nitrogens with two attached hydrogens (primary N) is 1. The van der Waals surface area contributed by atoms with Gasteiger partial charge in [-0.1, -0.05) is 0 Å². The molecule has 0 aromatic carbocycles. The molecule has 1 heterocycles. The first-order valence-corrected chi connectivity index (χ1v) is 5.12. The van der Waals surface area contributed by atoms with Crippen LogP contribution in [0.15, 0.2) is 17.2 Å². The summed E-state index contributed by atoms with van der Waals surface area (Å²) in [5, 5.41) is 3.08. The molecule has 1 aromatic rings. The van der Waals surface area contributed by atoms with Gasteiger partial charge in [0.2, 0.25) is 0 Å². The molecular formula is C10H16N4O. The van der Waals surface area contributed by atoms with E-state index in [9.17, 15) is 4.79 Å². The molecule has 1 aliphatic carbocycles. The first-order valence-electron chi connectivity index (χ1n) is 5.12. The normalized spacial score (nSPS) is 17.5. The van der Waals surface area contributed by atoms with Gasteiger partial charge in [-0.2, -0.15) is 0 Å². The summed E-state index contributed by atoms with van der Waals surface area (Å²) < 4.78 is 1.51. The number of hydrogen-bond donors (Lipinski definition) is 2. The van der Waals surface area contributed by atoms with Crippen LogP contribution in [0, 0.1) is 5.41 Å². The summed E-state index contributed by atoms with van der Waals surface area (Å²) in [4.78, 5) is 15.6. The summed E-state index contributed by atoms with van der Waals surface area (Å²) >= 11 is 0. The Morgan fingerprint density at radius 3 is 3.00 bits per heavy atom. The molecule has 2 rings (SSSR count). The SMILES string of the molecule is Cn1ccnc(NCC2(CN)CC2)c1=O. The number of aryl methyl sites for hydroxylation is 1. The maximum absolute atomic E-state index is 11.6. The first kappa shape index (κ1) is 10.2. The second-order valence-corrected chi connectivity index (χ2v) is 4.25. The highest BCUT2D eigenvalue weighted by Crippen LogP contribution is 2.44. The van der Waals surface area contributed by atoms with Crippen LogP contribution in [0.4, 0.5) is 5.82 Å². The van der Waals surface area contributed by atoms with E-state index in [1.54, 1.807) is 19.4 Å². The van der Waals surface area contributed by atoms with Crippen LogP contribution in [0.25, 0.3) is 0 Å². The molecule has 0 unspecified atom stereocenters. The quantitative estimate of drug-likeness (QED) is 0.726. The van der Waals surface area contributed by atoms with Crippen molar-refractivity contribution >= 4 is 5.82 Å². The minimum atomic E-state index is -0.0923. The van der Waals surface area contributed by atoms with Gasteiger partial charge >= 0.3 is 0 Å². The Bertz CT molecular complexity index is 408. The highest BCUT2D eigenvalue weighted by Gasteiger charge is 2.40. The van der Waals surface area contributed by atoms with Crippen molar-refractivity contribution in [2.24, 2.45) is 18.2 Å². The van der Waals surface area contributed by atoms with Crippen molar-refractivity contribution in [1.29, 1.82) is 0 Å².